The Kier molecular flexibility index (Phi) is 6.12. The number of esters is 1. The second-order valence-electron chi connectivity index (χ2n) is 5.15. The molecule has 0 aliphatic carbocycles. The van der Waals surface area contributed by atoms with Crippen LogP contribution in [0.2, 0.25) is 0 Å². The molecule has 1 aliphatic rings. The van der Waals surface area contributed by atoms with E-state index in [0.717, 1.165) is 19.4 Å². The molecule has 0 unspecified atom stereocenters. The molecule has 1 heterocycles. The first-order chi connectivity index (χ1) is 8.54. The van der Waals surface area contributed by atoms with E-state index in [1.54, 1.807) is 4.90 Å². The maximum atomic E-state index is 12.3. The predicted octanol–water partition coefficient (Wildman–Crippen LogP) is 0.786. The van der Waals surface area contributed by atoms with Crippen LogP contribution in [0.4, 0.5) is 0 Å². The van der Waals surface area contributed by atoms with Crippen LogP contribution in [0.3, 0.4) is 0 Å². The van der Waals surface area contributed by atoms with Crippen molar-refractivity contribution in [2.45, 2.75) is 39.2 Å². The first kappa shape index (κ1) is 15.0. The van der Waals surface area contributed by atoms with Crippen molar-refractivity contribution in [3.05, 3.63) is 0 Å². The summed E-state index contributed by atoms with van der Waals surface area (Å²) in [7, 11) is 1.37. The summed E-state index contributed by atoms with van der Waals surface area (Å²) in [6.45, 7) is 6.18. The Morgan fingerprint density at radius 2 is 2.17 bits per heavy atom. The first-order valence-corrected chi connectivity index (χ1v) is 6.63. The van der Waals surface area contributed by atoms with Crippen molar-refractivity contribution in [1.29, 1.82) is 0 Å². The minimum Gasteiger partial charge on any atom is -0.469 e. The van der Waals surface area contributed by atoms with Gasteiger partial charge in [-0.2, -0.15) is 0 Å². The van der Waals surface area contributed by atoms with E-state index in [2.05, 4.69) is 23.9 Å². The number of carbonyl (C=O) groups excluding carboxylic acids is 2. The molecule has 0 bridgehead atoms. The summed E-state index contributed by atoms with van der Waals surface area (Å²) in [5.74, 6) is 0.244. The van der Waals surface area contributed by atoms with Crippen LogP contribution in [0.5, 0.6) is 0 Å². The van der Waals surface area contributed by atoms with E-state index in [1.165, 1.54) is 7.11 Å². The van der Waals surface area contributed by atoms with E-state index in [-0.39, 0.29) is 24.3 Å². The van der Waals surface area contributed by atoms with Gasteiger partial charge in [0, 0.05) is 13.1 Å². The lowest BCUT2D eigenvalue weighted by molar-refractivity contribution is -0.142. The number of ether oxygens (including phenoxy) is 1. The zero-order valence-corrected chi connectivity index (χ0v) is 11.6. The number of rotatable bonds is 6. The van der Waals surface area contributed by atoms with Gasteiger partial charge in [0.05, 0.1) is 19.6 Å². The Bertz CT molecular complexity index is 286. The van der Waals surface area contributed by atoms with Crippen LogP contribution >= 0.6 is 0 Å². The van der Waals surface area contributed by atoms with Gasteiger partial charge in [0.25, 0.3) is 0 Å². The molecule has 0 radical (unpaired) electrons. The van der Waals surface area contributed by atoms with Gasteiger partial charge in [-0.1, -0.05) is 13.8 Å². The number of amides is 1. The van der Waals surface area contributed by atoms with E-state index >= 15 is 0 Å². The van der Waals surface area contributed by atoms with Crippen LogP contribution in [0, 0.1) is 5.92 Å². The maximum Gasteiger partial charge on any atom is 0.307 e. The fourth-order valence-electron chi connectivity index (χ4n) is 2.18. The van der Waals surface area contributed by atoms with Crippen molar-refractivity contribution in [3.8, 4) is 0 Å². The summed E-state index contributed by atoms with van der Waals surface area (Å²) in [6, 6.07) is -0.0682. The summed E-state index contributed by atoms with van der Waals surface area (Å²) in [4.78, 5) is 25.2. The zero-order chi connectivity index (χ0) is 13.5. The average Bonchev–Trinajstić information content (AvgIpc) is 2.86. The number of carbonyl (C=O) groups is 2. The number of nitrogens with one attached hydrogen (secondary N) is 1. The summed E-state index contributed by atoms with van der Waals surface area (Å²) in [6.07, 6.45) is 2.20. The van der Waals surface area contributed by atoms with E-state index in [0.29, 0.717) is 19.0 Å². The van der Waals surface area contributed by atoms with Gasteiger partial charge in [0.2, 0.25) is 5.91 Å². The lowest BCUT2D eigenvalue weighted by Gasteiger charge is -2.27. The molecular formula is C13H24N2O3. The fourth-order valence-corrected chi connectivity index (χ4v) is 2.18. The van der Waals surface area contributed by atoms with Gasteiger partial charge < -0.3 is 15.0 Å². The molecule has 0 aromatic rings. The predicted molar refractivity (Wildman–Crippen MR) is 69.1 cm³/mol. The lowest BCUT2D eigenvalue weighted by atomic mass is 10.1. The Balaban J connectivity index is 2.53. The first-order valence-electron chi connectivity index (χ1n) is 6.63. The van der Waals surface area contributed by atoms with Crippen molar-refractivity contribution < 1.29 is 14.3 Å². The quantitative estimate of drug-likeness (QED) is 0.714. The van der Waals surface area contributed by atoms with Crippen LogP contribution < -0.4 is 5.32 Å². The van der Waals surface area contributed by atoms with Gasteiger partial charge in [-0.25, -0.2) is 0 Å². The second-order valence-corrected chi connectivity index (χ2v) is 5.15. The van der Waals surface area contributed by atoms with E-state index in [4.69, 9.17) is 0 Å². The van der Waals surface area contributed by atoms with E-state index in [1.807, 2.05) is 0 Å². The Morgan fingerprint density at radius 1 is 1.44 bits per heavy atom. The molecule has 1 atom stereocenters. The van der Waals surface area contributed by atoms with Gasteiger partial charge in [-0.3, -0.25) is 9.59 Å². The highest BCUT2D eigenvalue weighted by Gasteiger charge is 2.27. The van der Waals surface area contributed by atoms with Crippen molar-refractivity contribution in [3.63, 3.8) is 0 Å². The number of hydrogen-bond donors (Lipinski definition) is 1. The summed E-state index contributed by atoms with van der Waals surface area (Å²) >= 11 is 0. The minimum absolute atomic E-state index is 0.0682. The Hall–Kier alpha value is -1.10. The molecule has 0 spiro atoms. The average molecular weight is 256 g/mol. The van der Waals surface area contributed by atoms with E-state index < -0.39 is 0 Å². The molecule has 1 fully saturated rings. The molecule has 1 saturated heterocycles. The SMILES string of the molecule is COC(=O)CCN(CC(C)C)C(=O)[C@H]1CCCN1. The van der Waals surface area contributed by atoms with Crippen molar-refractivity contribution >= 4 is 11.9 Å². The van der Waals surface area contributed by atoms with Gasteiger partial charge in [0.1, 0.15) is 0 Å². The van der Waals surface area contributed by atoms with Crippen LogP contribution in [0.25, 0.3) is 0 Å². The molecular weight excluding hydrogens is 232 g/mol. The maximum absolute atomic E-state index is 12.3. The molecule has 1 amide bonds. The van der Waals surface area contributed by atoms with Crippen LogP contribution in [0.1, 0.15) is 33.1 Å². The van der Waals surface area contributed by atoms with Crippen LogP contribution in [-0.4, -0.2) is 49.6 Å². The third-order valence-electron chi connectivity index (χ3n) is 3.07. The highest BCUT2D eigenvalue weighted by molar-refractivity contribution is 5.82. The topological polar surface area (TPSA) is 58.6 Å². The summed E-state index contributed by atoms with van der Waals surface area (Å²) in [5, 5.41) is 3.20. The molecule has 104 valence electrons. The Morgan fingerprint density at radius 3 is 2.67 bits per heavy atom. The number of nitrogens with zero attached hydrogens (tertiary/aromatic N) is 1. The third-order valence-corrected chi connectivity index (χ3v) is 3.07. The molecule has 0 saturated carbocycles. The second kappa shape index (κ2) is 7.36. The summed E-state index contributed by atoms with van der Waals surface area (Å²) < 4.78 is 4.62. The largest absolute Gasteiger partial charge is 0.469 e. The standard InChI is InChI=1S/C13H24N2O3/c1-10(2)9-15(8-6-12(16)18-3)13(17)11-5-4-7-14-11/h10-11,14H,4-9H2,1-3H3/t11-/m1/s1. The minimum atomic E-state index is -0.268. The molecule has 0 aromatic carbocycles. The molecule has 0 aromatic heterocycles. The zero-order valence-electron chi connectivity index (χ0n) is 11.6. The van der Waals surface area contributed by atoms with Crippen molar-refractivity contribution in [2.24, 2.45) is 5.92 Å². The summed E-state index contributed by atoms with van der Waals surface area (Å²) in [5.41, 5.74) is 0. The highest BCUT2D eigenvalue weighted by Crippen LogP contribution is 2.11. The van der Waals surface area contributed by atoms with E-state index in [9.17, 15) is 9.59 Å². The molecule has 5 heteroatoms. The Labute approximate surface area is 109 Å². The molecule has 1 rings (SSSR count). The van der Waals surface area contributed by atoms with Crippen molar-refractivity contribution in [2.75, 3.05) is 26.7 Å². The smallest absolute Gasteiger partial charge is 0.307 e. The monoisotopic (exact) mass is 256 g/mol. The fraction of sp³-hybridized carbons (Fsp3) is 0.846. The third kappa shape index (κ3) is 4.64. The van der Waals surface area contributed by atoms with Crippen molar-refractivity contribution in [1.82, 2.24) is 10.2 Å². The van der Waals surface area contributed by atoms with Gasteiger partial charge in [-0.15, -0.1) is 0 Å². The molecule has 18 heavy (non-hydrogen) atoms. The van der Waals surface area contributed by atoms with Crippen LogP contribution in [-0.2, 0) is 14.3 Å². The number of methoxy groups -OCH3 is 1. The van der Waals surface area contributed by atoms with Crippen LogP contribution in [0.15, 0.2) is 0 Å². The number of hydrogen-bond acceptors (Lipinski definition) is 4. The van der Waals surface area contributed by atoms with Gasteiger partial charge >= 0.3 is 5.97 Å². The van der Waals surface area contributed by atoms with Gasteiger partial charge in [0.15, 0.2) is 0 Å². The normalized spacial score (nSPS) is 19.0. The lowest BCUT2D eigenvalue weighted by Crippen LogP contribution is -2.45. The molecule has 5 nitrogen and oxygen atoms in total. The highest BCUT2D eigenvalue weighted by atomic mass is 16.5. The molecule has 1 aliphatic heterocycles. The van der Waals surface area contributed by atoms with Gasteiger partial charge in [-0.05, 0) is 25.3 Å². The molecule has 1 N–H and O–H groups in total.